The fourth-order valence-electron chi connectivity index (χ4n) is 3.24. The zero-order valence-corrected chi connectivity index (χ0v) is 16.0. The van der Waals surface area contributed by atoms with Crippen molar-refractivity contribution in [3.8, 4) is 0 Å². The first-order chi connectivity index (χ1) is 12.5. The van der Waals surface area contributed by atoms with Crippen molar-refractivity contribution in [2.24, 2.45) is 5.92 Å². The van der Waals surface area contributed by atoms with Crippen LogP contribution in [0.4, 0.5) is 4.79 Å². The number of nitrogens with zero attached hydrogens (tertiary/aromatic N) is 1. The van der Waals surface area contributed by atoms with Crippen LogP contribution in [0.3, 0.4) is 0 Å². The smallest absolute Gasteiger partial charge is 0.328 e. The van der Waals surface area contributed by atoms with Crippen molar-refractivity contribution in [1.29, 1.82) is 0 Å². The van der Waals surface area contributed by atoms with Crippen molar-refractivity contribution in [1.82, 2.24) is 15.5 Å². The second kappa shape index (κ2) is 10.2. The number of methoxy groups -OCH3 is 1. The number of likely N-dealkylation sites (tertiary alicyclic amines) is 1. The number of hydrogen-bond acceptors (Lipinski definition) is 4. The average Bonchev–Trinajstić information content (AvgIpc) is 2.67. The molecular formula is C20H31N3O3. The van der Waals surface area contributed by atoms with Gasteiger partial charge in [0.1, 0.15) is 6.04 Å². The highest BCUT2D eigenvalue weighted by Gasteiger charge is 2.28. The van der Waals surface area contributed by atoms with Gasteiger partial charge in [0.15, 0.2) is 0 Å². The van der Waals surface area contributed by atoms with Crippen LogP contribution in [0.1, 0.15) is 38.7 Å². The van der Waals surface area contributed by atoms with E-state index >= 15 is 0 Å². The molecule has 1 aromatic rings. The van der Waals surface area contributed by atoms with Gasteiger partial charge in [-0.05, 0) is 24.3 Å². The zero-order valence-electron chi connectivity index (χ0n) is 16.0. The topological polar surface area (TPSA) is 70.7 Å². The molecule has 0 aliphatic carbocycles. The van der Waals surface area contributed by atoms with Crippen molar-refractivity contribution in [3.05, 3.63) is 35.9 Å². The first kappa shape index (κ1) is 20.2. The molecular weight excluding hydrogens is 330 g/mol. The maximum atomic E-state index is 12.3. The van der Waals surface area contributed by atoms with Gasteiger partial charge in [-0.25, -0.2) is 9.59 Å². The third-order valence-corrected chi connectivity index (χ3v) is 5.13. The van der Waals surface area contributed by atoms with E-state index in [9.17, 15) is 9.59 Å². The van der Waals surface area contributed by atoms with Gasteiger partial charge < -0.3 is 15.4 Å². The van der Waals surface area contributed by atoms with Crippen LogP contribution < -0.4 is 10.6 Å². The van der Waals surface area contributed by atoms with Crippen LogP contribution >= 0.6 is 0 Å². The second-order valence-electron chi connectivity index (χ2n) is 7.04. The summed E-state index contributed by atoms with van der Waals surface area (Å²) in [6.07, 6.45) is 2.61. The lowest BCUT2D eigenvalue weighted by Gasteiger charge is -2.33. The van der Waals surface area contributed by atoms with Gasteiger partial charge in [0, 0.05) is 25.7 Å². The van der Waals surface area contributed by atoms with E-state index in [4.69, 9.17) is 4.74 Å². The van der Waals surface area contributed by atoms with Crippen LogP contribution in [0.25, 0.3) is 0 Å². The Morgan fingerprint density at radius 2 is 1.88 bits per heavy atom. The minimum absolute atomic E-state index is 0.0286. The van der Waals surface area contributed by atoms with Crippen LogP contribution in [-0.2, 0) is 16.1 Å². The fraction of sp³-hybridized carbons (Fsp3) is 0.600. The Bertz CT molecular complexity index is 571. The molecule has 6 nitrogen and oxygen atoms in total. The number of nitrogens with one attached hydrogen (secondary N) is 2. The molecule has 1 aromatic carbocycles. The lowest BCUT2D eigenvalue weighted by molar-refractivity contribution is -0.144. The maximum Gasteiger partial charge on any atom is 0.328 e. The number of rotatable bonds is 7. The molecule has 1 aliphatic rings. The fourth-order valence-corrected chi connectivity index (χ4v) is 3.24. The van der Waals surface area contributed by atoms with Crippen LogP contribution in [0, 0.1) is 5.92 Å². The van der Waals surface area contributed by atoms with Crippen molar-refractivity contribution in [3.63, 3.8) is 0 Å². The molecule has 1 heterocycles. The Morgan fingerprint density at radius 1 is 1.23 bits per heavy atom. The lowest BCUT2D eigenvalue weighted by atomic mass is 9.99. The normalized spacial score (nSPS) is 18.0. The molecule has 1 aliphatic heterocycles. The van der Waals surface area contributed by atoms with Crippen molar-refractivity contribution >= 4 is 12.0 Å². The van der Waals surface area contributed by atoms with Crippen molar-refractivity contribution in [2.75, 3.05) is 20.2 Å². The highest BCUT2D eigenvalue weighted by atomic mass is 16.5. The van der Waals surface area contributed by atoms with E-state index in [1.165, 1.54) is 12.7 Å². The zero-order chi connectivity index (χ0) is 18.9. The Labute approximate surface area is 156 Å². The second-order valence-corrected chi connectivity index (χ2v) is 7.04. The Hall–Kier alpha value is -2.08. The molecule has 2 rings (SSSR count). The van der Waals surface area contributed by atoms with Crippen LogP contribution in [0.2, 0.25) is 0 Å². The molecule has 1 saturated heterocycles. The highest BCUT2D eigenvalue weighted by molar-refractivity contribution is 5.83. The molecule has 0 spiro atoms. The predicted molar refractivity (Wildman–Crippen MR) is 102 cm³/mol. The number of benzene rings is 1. The number of amides is 2. The third kappa shape index (κ3) is 6.02. The summed E-state index contributed by atoms with van der Waals surface area (Å²) in [5, 5.41) is 5.79. The molecule has 2 atom stereocenters. The van der Waals surface area contributed by atoms with E-state index < -0.39 is 12.0 Å². The largest absolute Gasteiger partial charge is 0.467 e. The third-order valence-electron chi connectivity index (χ3n) is 5.13. The summed E-state index contributed by atoms with van der Waals surface area (Å²) >= 11 is 0. The van der Waals surface area contributed by atoms with Gasteiger partial charge in [-0.15, -0.1) is 0 Å². The van der Waals surface area contributed by atoms with Gasteiger partial charge in [0.2, 0.25) is 0 Å². The number of hydrogen-bond donors (Lipinski definition) is 2. The lowest BCUT2D eigenvalue weighted by Crippen LogP contribution is -2.53. The number of esters is 1. The molecule has 0 aromatic heterocycles. The average molecular weight is 361 g/mol. The molecule has 0 saturated carbocycles. The molecule has 2 N–H and O–H groups in total. The van der Waals surface area contributed by atoms with Crippen LogP contribution in [-0.4, -0.2) is 49.2 Å². The SMILES string of the molecule is CC[C@H](C)[C@H](NC(=O)NC1CCN(Cc2ccccc2)CC1)C(=O)OC. The van der Waals surface area contributed by atoms with Gasteiger partial charge in [0.05, 0.1) is 7.11 Å². The molecule has 0 radical (unpaired) electrons. The van der Waals surface area contributed by atoms with Crippen LogP contribution in [0.5, 0.6) is 0 Å². The van der Waals surface area contributed by atoms with E-state index in [0.29, 0.717) is 0 Å². The summed E-state index contributed by atoms with van der Waals surface area (Å²) in [6, 6.07) is 9.66. The molecule has 144 valence electrons. The molecule has 1 fully saturated rings. The molecule has 2 amide bonds. The Morgan fingerprint density at radius 3 is 2.46 bits per heavy atom. The highest BCUT2D eigenvalue weighted by Crippen LogP contribution is 2.14. The Kier molecular flexibility index (Phi) is 7.91. The number of piperidine rings is 1. The molecule has 26 heavy (non-hydrogen) atoms. The Balaban J connectivity index is 1.77. The van der Waals surface area contributed by atoms with E-state index in [0.717, 1.165) is 38.9 Å². The monoisotopic (exact) mass is 361 g/mol. The summed E-state index contributed by atoms with van der Waals surface area (Å²) in [7, 11) is 1.35. The number of urea groups is 1. The maximum absolute atomic E-state index is 12.3. The molecule has 6 heteroatoms. The minimum Gasteiger partial charge on any atom is -0.467 e. The van der Waals surface area contributed by atoms with Crippen LogP contribution in [0.15, 0.2) is 30.3 Å². The van der Waals surface area contributed by atoms with Gasteiger partial charge >= 0.3 is 12.0 Å². The number of ether oxygens (including phenoxy) is 1. The summed E-state index contributed by atoms with van der Waals surface area (Å²) in [5.41, 5.74) is 1.31. The summed E-state index contributed by atoms with van der Waals surface area (Å²) < 4.78 is 4.81. The first-order valence-corrected chi connectivity index (χ1v) is 9.44. The van der Waals surface area contributed by atoms with E-state index in [-0.39, 0.29) is 18.0 Å². The number of carbonyl (C=O) groups is 2. The molecule has 0 bridgehead atoms. The van der Waals surface area contributed by atoms with Gasteiger partial charge in [0.25, 0.3) is 0 Å². The number of carbonyl (C=O) groups excluding carboxylic acids is 2. The summed E-state index contributed by atoms with van der Waals surface area (Å²) in [6.45, 7) is 6.77. The minimum atomic E-state index is -0.608. The van der Waals surface area contributed by atoms with Gasteiger partial charge in [-0.1, -0.05) is 50.6 Å². The van der Waals surface area contributed by atoms with E-state index in [1.54, 1.807) is 0 Å². The summed E-state index contributed by atoms with van der Waals surface area (Å²) in [5.74, 6) is -0.367. The quantitative estimate of drug-likeness (QED) is 0.732. The summed E-state index contributed by atoms with van der Waals surface area (Å²) in [4.78, 5) is 26.6. The van der Waals surface area contributed by atoms with Crippen molar-refractivity contribution in [2.45, 2.75) is 51.7 Å². The van der Waals surface area contributed by atoms with Gasteiger partial charge in [-0.2, -0.15) is 0 Å². The van der Waals surface area contributed by atoms with Crippen molar-refractivity contribution < 1.29 is 14.3 Å². The first-order valence-electron chi connectivity index (χ1n) is 9.44. The standard InChI is InChI=1S/C20H31N3O3/c1-4-15(2)18(19(24)26-3)22-20(25)21-17-10-12-23(13-11-17)14-16-8-6-5-7-9-16/h5-9,15,17-18H,4,10-14H2,1-3H3,(H2,21,22,25)/t15-,18-/m0/s1. The van der Waals surface area contributed by atoms with Gasteiger partial charge in [-0.3, -0.25) is 4.90 Å². The predicted octanol–water partition coefficient (Wildman–Crippen LogP) is 2.54. The molecule has 0 unspecified atom stereocenters. The van der Waals surface area contributed by atoms with E-state index in [2.05, 4.69) is 39.8 Å². The van der Waals surface area contributed by atoms with E-state index in [1.807, 2.05) is 19.9 Å².